The Morgan fingerprint density at radius 3 is 2.54 bits per heavy atom. The van der Waals surface area contributed by atoms with E-state index in [1.54, 1.807) is 0 Å². The Balaban J connectivity index is 0.00000338. The second-order valence-electron chi connectivity index (χ2n) is 6.74. The predicted octanol–water partition coefficient (Wildman–Crippen LogP) is 1.52. The van der Waals surface area contributed by atoms with Crippen molar-refractivity contribution < 1.29 is 14.3 Å². The van der Waals surface area contributed by atoms with Gasteiger partial charge in [-0.3, -0.25) is 9.79 Å². The SMILES string of the molecule is CCNC(=NCCCOCC1CCOCC1)NCCNC(=O)C1CC1.I. The normalized spacial score (nSPS) is 18.1. The van der Waals surface area contributed by atoms with Crippen LogP contribution in [0.3, 0.4) is 0 Å². The minimum absolute atomic E-state index is 0. The molecule has 0 aromatic heterocycles. The van der Waals surface area contributed by atoms with Gasteiger partial charge in [0.05, 0.1) is 0 Å². The first-order valence-corrected chi connectivity index (χ1v) is 9.75. The molecule has 8 heteroatoms. The molecule has 0 spiro atoms. The maximum atomic E-state index is 11.6. The van der Waals surface area contributed by atoms with Crippen molar-refractivity contribution in [2.75, 3.05) is 52.6 Å². The van der Waals surface area contributed by atoms with Gasteiger partial charge in [0.25, 0.3) is 0 Å². The zero-order valence-corrected chi connectivity index (χ0v) is 18.3. The predicted molar refractivity (Wildman–Crippen MR) is 114 cm³/mol. The van der Waals surface area contributed by atoms with E-state index >= 15 is 0 Å². The Morgan fingerprint density at radius 2 is 1.85 bits per heavy atom. The third-order valence-corrected chi connectivity index (χ3v) is 4.42. The average molecular weight is 482 g/mol. The van der Waals surface area contributed by atoms with Gasteiger partial charge < -0.3 is 25.4 Å². The fourth-order valence-electron chi connectivity index (χ4n) is 2.72. The summed E-state index contributed by atoms with van der Waals surface area (Å²) in [6.45, 7) is 8.25. The van der Waals surface area contributed by atoms with Crippen molar-refractivity contribution in [3.63, 3.8) is 0 Å². The van der Waals surface area contributed by atoms with Crippen LogP contribution in [-0.2, 0) is 14.3 Å². The van der Waals surface area contributed by atoms with E-state index in [9.17, 15) is 4.79 Å². The topological polar surface area (TPSA) is 84.0 Å². The van der Waals surface area contributed by atoms with E-state index in [0.29, 0.717) is 19.0 Å². The second-order valence-corrected chi connectivity index (χ2v) is 6.74. The minimum Gasteiger partial charge on any atom is -0.381 e. The molecule has 3 N–H and O–H groups in total. The number of guanidine groups is 1. The second kappa shape index (κ2) is 14.4. The van der Waals surface area contributed by atoms with Crippen LogP contribution in [0.2, 0.25) is 0 Å². The molecule has 0 bridgehead atoms. The number of ether oxygens (including phenoxy) is 2. The van der Waals surface area contributed by atoms with Gasteiger partial charge in [0.2, 0.25) is 5.91 Å². The van der Waals surface area contributed by atoms with Crippen molar-refractivity contribution in [3.05, 3.63) is 0 Å². The highest BCUT2D eigenvalue weighted by atomic mass is 127. The number of aliphatic imine (C=N–C) groups is 1. The Morgan fingerprint density at radius 1 is 1.12 bits per heavy atom. The highest BCUT2D eigenvalue weighted by molar-refractivity contribution is 14.0. The van der Waals surface area contributed by atoms with Gasteiger partial charge in [0.15, 0.2) is 5.96 Å². The third kappa shape index (κ3) is 10.5. The lowest BCUT2D eigenvalue weighted by molar-refractivity contribution is -0.122. The van der Waals surface area contributed by atoms with Crippen LogP contribution in [0.4, 0.5) is 0 Å². The molecule has 0 unspecified atom stereocenters. The molecule has 152 valence electrons. The Hall–Kier alpha value is -0.610. The Kier molecular flexibility index (Phi) is 13.0. The Labute approximate surface area is 174 Å². The standard InChI is InChI=1S/C18H34N4O3.HI/c1-2-19-18(22-10-9-20-17(23)16-4-5-16)21-8-3-11-25-14-15-6-12-24-13-7-15;/h15-16H,2-14H2,1H3,(H,20,23)(H2,19,21,22);1H. The smallest absolute Gasteiger partial charge is 0.223 e. The molecule has 1 saturated carbocycles. The largest absolute Gasteiger partial charge is 0.381 e. The molecule has 1 aliphatic carbocycles. The molecule has 1 saturated heterocycles. The number of nitrogens with zero attached hydrogens (tertiary/aromatic N) is 1. The van der Waals surface area contributed by atoms with Crippen LogP contribution in [0, 0.1) is 11.8 Å². The van der Waals surface area contributed by atoms with Crippen LogP contribution in [0.25, 0.3) is 0 Å². The molecular weight excluding hydrogens is 447 g/mol. The first-order valence-electron chi connectivity index (χ1n) is 9.75. The lowest BCUT2D eigenvalue weighted by Crippen LogP contribution is -2.41. The number of carbonyl (C=O) groups excluding carboxylic acids is 1. The number of halogens is 1. The van der Waals surface area contributed by atoms with Gasteiger partial charge in [0, 0.05) is 58.5 Å². The van der Waals surface area contributed by atoms with Crippen LogP contribution < -0.4 is 16.0 Å². The summed E-state index contributed by atoms with van der Waals surface area (Å²) in [7, 11) is 0. The fourth-order valence-corrected chi connectivity index (χ4v) is 2.72. The molecule has 0 radical (unpaired) electrons. The van der Waals surface area contributed by atoms with E-state index in [1.165, 1.54) is 0 Å². The van der Waals surface area contributed by atoms with Crippen molar-refractivity contribution in [1.29, 1.82) is 0 Å². The minimum atomic E-state index is 0. The van der Waals surface area contributed by atoms with Crippen LogP contribution in [0.1, 0.15) is 39.0 Å². The van der Waals surface area contributed by atoms with Gasteiger partial charge in [-0.25, -0.2) is 0 Å². The summed E-state index contributed by atoms with van der Waals surface area (Å²) in [6.07, 6.45) is 5.23. The highest BCUT2D eigenvalue weighted by Gasteiger charge is 2.28. The van der Waals surface area contributed by atoms with Gasteiger partial charge in [0.1, 0.15) is 0 Å². The van der Waals surface area contributed by atoms with Gasteiger partial charge in [-0.2, -0.15) is 0 Å². The summed E-state index contributed by atoms with van der Waals surface area (Å²) in [6, 6.07) is 0. The molecule has 1 amide bonds. The van der Waals surface area contributed by atoms with Gasteiger partial charge >= 0.3 is 0 Å². The number of rotatable bonds is 11. The van der Waals surface area contributed by atoms with Crippen molar-refractivity contribution in [3.8, 4) is 0 Å². The molecule has 0 aromatic rings. The molecule has 0 aromatic carbocycles. The van der Waals surface area contributed by atoms with Crippen molar-refractivity contribution >= 4 is 35.8 Å². The fraction of sp³-hybridized carbons (Fsp3) is 0.889. The molecule has 0 atom stereocenters. The van der Waals surface area contributed by atoms with Crippen LogP contribution in [0.5, 0.6) is 0 Å². The lowest BCUT2D eigenvalue weighted by Gasteiger charge is -2.21. The van der Waals surface area contributed by atoms with Gasteiger partial charge in [-0.15, -0.1) is 24.0 Å². The number of carbonyl (C=O) groups is 1. The summed E-state index contributed by atoms with van der Waals surface area (Å²) < 4.78 is 11.1. The van der Waals surface area contributed by atoms with Gasteiger partial charge in [-0.1, -0.05) is 0 Å². The number of nitrogens with one attached hydrogen (secondary N) is 3. The van der Waals surface area contributed by atoms with Crippen molar-refractivity contribution in [1.82, 2.24) is 16.0 Å². The summed E-state index contributed by atoms with van der Waals surface area (Å²) in [5.41, 5.74) is 0. The molecular formula is C18H35IN4O3. The monoisotopic (exact) mass is 482 g/mol. The molecule has 2 rings (SSSR count). The summed E-state index contributed by atoms with van der Waals surface area (Å²) in [5.74, 6) is 1.91. The van der Waals surface area contributed by atoms with Crippen molar-refractivity contribution in [2.45, 2.75) is 39.0 Å². The van der Waals surface area contributed by atoms with E-state index in [4.69, 9.17) is 9.47 Å². The maximum Gasteiger partial charge on any atom is 0.223 e. The number of hydrogen-bond acceptors (Lipinski definition) is 4. The van der Waals surface area contributed by atoms with E-state index in [-0.39, 0.29) is 35.8 Å². The molecule has 2 fully saturated rings. The quantitative estimate of drug-likeness (QED) is 0.180. The molecule has 1 heterocycles. The van der Waals surface area contributed by atoms with Crippen molar-refractivity contribution in [2.24, 2.45) is 16.8 Å². The van der Waals surface area contributed by atoms with E-state index in [1.807, 2.05) is 6.92 Å². The lowest BCUT2D eigenvalue weighted by atomic mass is 10.0. The first-order chi connectivity index (χ1) is 12.3. The molecule has 7 nitrogen and oxygen atoms in total. The van der Waals surface area contributed by atoms with E-state index in [2.05, 4.69) is 20.9 Å². The van der Waals surface area contributed by atoms with Crippen LogP contribution in [-0.4, -0.2) is 64.5 Å². The van der Waals surface area contributed by atoms with Gasteiger partial charge in [-0.05, 0) is 44.9 Å². The maximum absolute atomic E-state index is 11.6. The van der Waals surface area contributed by atoms with Crippen LogP contribution >= 0.6 is 24.0 Å². The number of hydrogen-bond donors (Lipinski definition) is 3. The molecule has 26 heavy (non-hydrogen) atoms. The highest BCUT2D eigenvalue weighted by Crippen LogP contribution is 2.28. The van der Waals surface area contributed by atoms with Crippen LogP contribution in [0.15, 0.2) is 4.99 Å². The molecule has 2 aliphatic rings. The molecule has 1 aliphatic heterocycles. The first kappa shape index (κ1) is 23.4. The van der Waals surface area contributed by atoms with E-state index < -0.39 is 0 Å². The average Bonchev–Trinajstić information content (AvgIpc) is 3.47. The number of amides is 1. The summed E-state index contributed by atoms with van der Waals surface area (Å²) in [4.78, 5) is 16.1. The third-order valence-electron chi connectivity index (χ3n) is 4.42. The summed E-state index contributed by atoms with van der Waals surface area (Å²) in [5, 5.41) is 9.41. The van der Waals surface area contributed by atoms with E-state index in [0.717, 1.165) is 77.6 Å². The summed E-state index contributed by atoms with van der Waals surface area (Å²) >= 11 is 0. The zero-order valence-electron chi connectivity index (χ0n) is 15.9. The zero-order chi connectivity index (χ0) is 17.7. The Bertz CT molecular complexity index is 413.